The van der Waals surface area contributed by atoms with Crippen LogP contribution in [0.25, 0.3) is 0 Å². The van der Waals surface area contributed by atoms with Gasteiger partial charge in [-0.15, -0.1) is 0 Å². The minimum atomic E-state index is 0.600. The minimum absolute atomic E-state index is 0.600. The zero-order valence-corrected chi connectivity index (χ0v) is 10.2. The molecule has 0 saturated heterocycles. The molecule has 0 radical (unpaired) electrons. The van der Waals surface area contributed by atoms with Crippen molar-refractivity contribution in [3.63, 3.8) is 0 Å². The lowest BCUT2D eigenvalue weighted by atomic mass is 10.2. The van der Waals surface area contributed by atoms with Crippen molar-refractivity contribution in [2.75, 3.05) is 11.9 Å². The van der Waals surface area contributed by atoms with Gasteiger partial charge in [-0.05, 0) is 6.92 Å². The van der Waals surface area contributed by atoms with E-state index in [4.69, 9.17) is 5.73 Å². The van der Waals surface area contributed by atoms with E-state index in [1.54, 1.807) is 6.20 Å². The van der Waals surface area contributed by atoms with Gasteiger partial charge in [-0.1, -0.05) is 0 Å². The fourth-order valence-corrected chi connectivity index (χ4v) is 1.62. The highest BCUT2D eigenvalue weighted by Gasteiger charge is 2.04. The van der Waals surface area contributed by atoms with E-state index in [-0.39, 0.29) is 0 Å². The Kier molecular flexibility index (Phi) is 3.43. The van der Waals surface area contributed by atoms with E-state index in [1.807, 2.05) is 28.8 Å². The predicted molar refractivity (Wildman–Crippen MR) is 66.6 cm³/mol. The topological polar surface area (TPSA) is 73.7 Å². The van der Waals surface area contributed by atoms with Crippen LogP contribution in [-0.4, -0.2) is 26.1 Å². The third-order valence-electron chi connectivity index (χ3n) is 2.81. The molecule has 0 saturated carbocycles. The molecule has 17 heavy (non-hydrogen) atoms. The summed E-state index contributed by atoms with van der Waals surface area (Å²) in [5, 5.41) is 11.7. The van der Waals surface area contributed by atoms with Gasteiger partial charge in [0.1, 0.15) is 0 Å². The third kappa shape index (κ3) is 2.65. The first kappa shape index (κ1) is 11.7. The Labute approximate surface area is 100 Å². The molecule has 0 aliphatic heterocycles. The molecule has 0 aliphatic rings. The van der Waals surface area contributed by atoms with Crippen molar-refractivity contribution < 1.29 is 0 Å². The van der Waals surface area contributed by atoms with Crippen LogP contribution in [0.3, 0.4) is 0 Å². The molecule has 0 fully saturated rings. The molecule has 0 atom stereocenters. The molecule has 0 bridgehead atoms. The van der Waals surface area contributed by atoms with Crippen LogP contribution >= 0.6 is 0 Å². The van der Waals surface area contributed by atoms with Crippen LogP contribution in [0.4, 0.5) is 5.69 Å². The van der Waals surface area contributed by atoms with Crippen LogP contribution in [-0.2, 0) is 20.1 Å². The molecule has 92 valence electrons. The molecule has 2 aromatic rings. The maximum atomic E-state index is 5.47. The molecular formula is C11H18N6. The van der Waals surface area contributed by atoms with Crippen LogP contribution < -0.4 is 11.1 Å². The first-order chi connectivity index (χ1) is 8.20. The number of nitrogens with zero attached hydrogens (tertiary/aromatic N) is 4. The van der Waals surface area contributed by atoms with Crippen molar-refractivity contribution in [3.05, 3.63) is 29.8 Å². The predicted octanol–water partition coefficient (Wildman–Crippen LogP) is 0.496. The van der Waals surface area contributed by atoms with Crippen LogP contribution in [0.1, 0.15) is 11.3 Å². The Balaban J connectivity index is 1.95. The number of nitrogens with one attached hydrogen (secondary N) is 1. The van der Waals surface area contributed by atoms with E-state index < -0.39 is 0 Å². The summed E-state index contributed by atoms with van der Waals surface area (Å²) in [6.45, 7) is 4.16. The summed E-state index contributed by atoms with van der Waals surface area (Å²) in [6, 6.07) is 0. The summed E-state index contributed by atoms with van der Waals surface area (Å²) in [5.41, 5.74) is 8.83. The zero-order chi connectivity index (χ0) is 12.3. The number of anilines is 1. The first-order valence-electron chi connectivity index (χ1n) is 5.64. The zero-order valence-electron chi connectivity index (χ0n) is 10.2. The van der Waals surface area contributed by atoms with E-state index >= 15 is 0 Å². The molecule has 0 aromatic carbocycles. The van der Waals surface area contributed by atoms with E-state index in [1.165, 1.54) is 11.3 Å². The van der Waals surface area contributed by atoms with Gasteiger partial charge in [-0.25, -0.2) is 0 Å². The molecule has 0 aliphatic carbocycles. The van der Waals surface area contributed by atoms with Crippen molar-refractivity contribution in [1.82, 2.24) is 19.6 Å². The Bertz CT molecular complexity index is 484. The second kappa shape index (κ2) is 5.01. The van der Waals surface area contributed by atoms with E-state index in [0.717, 1.165) is 18.8 Å². The smallest absolute Gasteiger partial charge is 0.0729 e. The Morgan fingerprint density at radius 3 is 2.82 bits per heavy atom. The fraction of sp³-hybridized carbons (Fsp3) is 0.455. The van der Waals surface area contributed by atoms with Crippen molar-refractivity contribution >= 4 is 5.69 Å². The Hall–Kier alpha value is -1.82. The molecule has 0 amide bonds. The summed E-state index contributed by atoms with van der Waals surface area (Å²) in [7, 11) is 1.94. The third-order valence-corrected chi connectivity index (χ3v) is 2.81. The number of hydrogen-bond acceptors (Lipinski definition) is 4. The number of hydrogen-bond donors (Lipinski definition) is 2. The van der Waals surface area contributed by atoms with Gasteiger partial charge in [0.05, 0.1) is 24.6 Å². The van der Waals surface area contributed by atoms with Crippen LogP contribution in [0.5, 0.6) is 0 Å². The van der Waals surface area contributed by atoms with Gasteiger partial charge in [-0.2, -0.15) is 10.2 Å². The molecule has 2 heterocycles. The van der Waals surface area contributed by atoms with Crippen molar-refractivity contribution in [2.24, 2.45) is 12.8 Å². The number of nitrogens with two attached hydrogens (primary N) is 1. The van der Waals surface area contributed by atoms with Gasteiger partial charge < -0.3 is 11.1 Å². The maximum absolute atomic E-state index is 5.47. The highest BCUT2D eigenvalue weighted by molar-refractivity contribution is 5.39. The minimum Gasteiger partial charge on any atom is -0.378 e. The standard InChI is InChI=1S/C11H18N6/c1-9-10(6-14-16(9)2)5-13-11-7-15-17(8-11)4-3-12/h6-8,13H,3-5,12H2,1-2H3. The molecule has 0 unspecified atom stereocenters. The summed E-state index contributed by atoms with van der Waals surface area (Å²) in [4.78, 5) is 0. The molecule has 2 aromatic heterocycles. The molecule has 3 N–H and O–H groups in total. The highest BCUT2D eigenvalue weighted by Crippen LogP contribution is 2.10. The molecular weight excluding hydrogens is 216 g/mol. The number of rotatable bonds is 5. The van der Waals surface area contributed by atoms with Gasteiger partial charge >= 0.3 is 0 Å². The van der Waals surface area contributed by atoms with Crippen LogP contribution in [0, 0.1) is 6.92 Å². The molecule has 2 rings (SSSR count). The monoisotopic (exact) mass is 234 g/mol. The van der Waals surface area contributed by atoms with E-state index in [9.17, 15) is 0 Å². The van der Waals surface area contributed by atoms with Gasteiger partial charge in [-0.3, -0.25) is 9.36 Å². The van der Waals surface area contributed by atoms with Crippen molar-refractivity contribution in [3.8, 4) is 0 Å². The molecule has 6 nitrogen and oxygen atoms in total. The van der Waals surface area contributed by atoms with Crippen LogP contribution in [0.2, 0.25) is 0 Å². The van der Waals surface area contributed by atoms with E-state index in [2.05, 4.69) is 22.4 Å². The van der Waals surface area contributed by atoms with Crippen molar-refractivity contribution in [1.29, 1.82) is 0 Å². The summed E-state index contributed by atoms with van der Waals surface area (Å²) in [6.07, 6.45) is 5.65. The second-order valence-electron chi connectivity index (χ2n) is 4.01. The Morgan fingerprint density at radius 1 is 1.35 bits per heavy atom. The van der Waals surface area contributed by atoms with Crippen LogP contribution in [0.15, 0.2) is 18.6 Å². The van der Waals surface area contributed by atoms with Gasteiger partial charge in [0.2, 0.25) is 0 Å². The average molecular weight is 234 g/mol. The second-order valence-corrected chi connectivity index (χ2v) is 4.01. The SMILES string of the molecule is Cc1c(CNc2cnn(CCN)c2)cnn1C. The first-order valence-corrected chi connectivity index (χ1v) is 5.64. The van der Waals surface area contributed by atoms with E-state index in [0.29, 0.717) is 6.54 Å². The summed E-state index contributed by atoms with van der Waals surface area (Å²) in [5.74, 6) is 0. The normalized spacial score (nSPS) is 10.8. The fourth-order valence-electron chi connectivity index (χ4n) is 1.62. The van der Waals surface area contributed by atoms with Gasteiger partial charge in [0.15, 0.2) is 0 Å². The summed E-state index contributed by atoms with van der Waals surface area (Å²) >= 11 is 0. The van der Waals surface area contributed by atoms with Gasteiger partial charge in [0.25, 0.3) is 0 Å². The van der Waals surface area contributed by atoms with Gasteiger partial charge in [0, 0.05) is 37.6 Å². The van der Waals surface area contributed by atoms with Crippen molar-refractivity contribution in [2.45, 2.75) is 20.0 Å². The highest BCUT2D eigenvalue weighted by atomic mass is 15.3. The number of aromatic nitrogens is 4. The summed E-state index contributed by atoms with van der Waals surface area (Å²) < 4.78 is 3.70. The average Bonchev–Trinajstić information content (AvgIpc) is 2.87. The Morgan fingerprint density at radius 2 is 2.18 bits per heavy atom. The lowest BCUT2D eigenvalue weighted by Gasteiger charge is -2.02. The molecule has 0 spiro atoms. The lowest BCUT2D eigenvalue weighted by Crippen LogP contribution is -2.09. The maximum Gasteiger partial charge on any atom is 0.0729 e. The molecule has 6 heteroatoms. The lowest BCUT2D eigenvalue weighted by molar-refractivity contribution is 0.625. The number of aryl methyl sites for hydroxylation is 1. The largest absolute Gasteiger partial charge is 0.378 e. The quantitative estimate of drug-likeness (QED) is 0.790.